The number of para-hydroxylation sites is 1. The topological polar surface area (TPSA) is 50.4 Å². The molecule has 0 saturated heterocycles. The average molecular weight is 314 g/mol. The van der Waals surface area contributed by atoms with Crippen molar-refractivity contribution in [2.24, 2.45) is 0 Å². The second-order valence-electron chi connectivity index (χ2n) is 4.93. The van der Waals surface area contributed by atoms with Crippen molar-refractivity contribution in [2.45, 2.75) is 13.8 Å². The number of thiocarbonyl (C=S) groups is 1. The number of rotatable bonds is 3. The van der Waals surface area contributed by atoms with Gasteiger partial charge in [-0.3, -0.25) is 10.1 Å². The predicted molar refractivity (Wildman–Crippen MR) is 92.6 cm³/mol. The lowest BCUT2D eigenvalue weighted by Gasteiger charge is -2.13. The minimum atomic E-state index is -0.300. The first-order chi connectivity index (χ1) is 10.5. The van der Waals surface area contributed by atoms with Gasteiger partial charge in [-0.15, -0.1) is 0 Å². The lowest BCUT2D eigenvalue weighted by atomic mass is 10.1. The summed E-state index contributed by atoms with van der Waals surface area (Å²) in [7, 11) is 1.54. The number of amides is 1. The summed E-state index contributed by atoms with van der Waals surface area (Å²) in [6, 6.07) is 13.2. The second-order valence-corrected chi connectivity index (χ2v) is 5.34. The Morgan fingerprint density at radius 3 is 2.55 bits per heavy atom. The van der Waals surface area contributed by atoms with E-state index in [-0.39, 0.29) is 11.0 Å². The van der Waals surface area contributed by atoms with Crippen molar-refractivity contribution in [2.75, 3.05) is 12.4 Å². The van der Waals surface area contributed by atoms with E-state index in [1.54, 1.807) is 13.2 Å². The molecule has 0 saturated carbocycles. The number of anilines is 1. The maximum Gasteiger partial charge on any atom is 0.261 e. The van der Waals surface area contributed by atoms with Crippen molar-refractivity contribution in [3.8, 4) is 5.75 Å². The molecule has 114 valence electrons. The molecular weight excluding hydrogens is 296 g/mol. The molecule has 0 aliphatic rings. The van der Waals surface area contributed by atoms with E-state index in [0.717, 1.165) is 16.8 Å². The number of carbonyl (C=O) groups is 1. The summed E-state index contributed by atoms with van der Waals surface area (Å²) in [4.78, 5) is 12.3. The zero-order valence-electron chi connectivity index (χ0n) is 12.8. The Kier molecular flexibility index (Phi) is 5.12. The first-order valence-electron chi connectivity index (χ1n) is 6.84. The number of benzene rings is 2. The molecule has 0 aliphatic carbocycles. The van der Waals surface area contributed by atoms with Crippen molar-refractivity contribution < 1.29 is 9.53 Å². The van der Waals surface area contributed by atoms with Gasteiger partial charge in [-0.25, -0.2) is 0 Å². The summed E-state index contributed by atoms with van der Waals surface area (Å²) in [5, 5.41) is 5.91. The summed E-state index contributed by atoms with van der Waals surface area (Å²) < 4.78 is 5.29. The largest absolute Gasteiger partial charge is 0.496 e. The molecule has 22 heavy (non-hydrogen) atoms. The van der Waals surface area contributed by atoms with Gasteiger partial charge in [0.25, 0.3) is 5.91 Å². The van der Waals surface area contributed by atoms with Gasteiger partial charge in [0.05, 0.1) is 12.7 Å². The Hall–Kier alpha value is -2.40. The smallest absolute Gasteiger partial charge is 0.261 e. The number of hydrogen-bond donors (Lipinski definition) is 2. The number of ether oxygens (including phenoxy) is 1. The summed E-state index contributed by atoms with van der Waals surface area (Å²) >= 11 is 5.18. The van der Waals surface area contributed by atoms with Gasteiger partial charge in [0.15, 0.2) is 5.11 Å². The normalized spacial score (nSPS) is 9.95. The van der Waals surface area contributed by atoms with Gasteiger partial charge in [-0.05, 0) is 55.4 Å². The molecule has 0 aliphatic heterocycles. The fourth-order valence-electron chi connectivity index (χ4n) is 2.16. The molecule has 0 atom stereocenters. The first kappa shape index (κ1) is 16.0. The quantitative estimate of drug-likeness (QED) is 0.852. The van der Waals surface area contributed by atoms with Crippen LogP contribution in [0.25, 0.3) is 0 Å². The van der Waals surface area contributed by atoms with E-state index in [1.165, 1.54) is 0 Å². The summed E-state index contributed by atoms with van der Waals surface area (Å²) in [5.41, 5.74) is 3.30. The van der Waals surface area contributed by atoms with Crippen LogP contribution >= 0.6 is 12.2 Å². The number of aryl methyl sites for hydroxylation is 2. The summed E-state index contributed by atoms with van der Waals surface area (Å²) in [6.45, 7) is 3.88. The van der Waals surface area contributed by atoms with Gasteiger partial charge in [0, 0.05) is 5.69 Å². The molecule has 2 aromatic carbocycles. The Morgan fingerprint density at radius 2 is 1.86 bits per heavy atom. The van der Waals surface area contributed by atoms with Crippen LogP contribution in [0.15, 0.2) is 42.5 Å². The third-order valence-electron chi connectivity index (χ3n) is 3.16. The minimum Gasteiger partial charge on any atom is -0.496 e. The highest BCUT2D eigenvalue weighted by atomic mass is 32.1. The third kappa shape index (κ3) is 3.83. The van der Waals surface area contributed by atoms with Gasteiger partial charge in [-0.2, -0.15) is 0 Å². The molecule has 0 bridgehead atoms. The van der Waals surface area contributed by atoms with Gasteiger partial charge in [0.2, 0.25) is 0 Å². The highest BCUT2D eigenvalue weighted by Crippen LogP contribution is 2.22. The highest BCUT2D eigenvalue weighted by Gasteiger charge is 2.15. The monoisotopic (exact) mass is 314 g/mol. The van der Waals surface area contributed by atoms with Crippen LogP contribution in [0, 0.1) is 13.8 Å². The van der Waals surface area contributed by atoms with E-state index in [2.05, 4.69) is 10.6 Å². The van der Waals surface area contributed by atoms with Crippen LogP contribution in [0.4, 0.5) is 5.69 Å². The molecule has 0 unspecified atom stereocenters. The number of hydrogen-bond acceptors (Lipinski definition) is 3. The van der Waals surface area contributed by atoms with E-state index in [9.17, 15) is 4.79 Å². The SMILES string of the molecule is COc1c(C)cccc1C(=O)NC(=S)Nc1cccc(C)c1. The van der Waals surface area contributed by atoms with Crippen LogP contribution in [-0.2, 0) is 0 Å². The van der Waals surface area contributed by atoms with Gasteiger partial charge in [-0.1, -0.05) is 24.3 Å². The second kappa shape index (κ2) is 7.04. The average Bonchev–Trinajstić information content (AvgIpc) is 2.46. The number of carbonyl (C=O) groups excluding carboxylic acids is 1. The van der Waals surface area contributed by atoms with Crippen LogP contribution < -0.4 is 15.4 Å². The number of nitrogens with one attached hydrogen (secondary N) is 2. The Morgan fingerprint density at radius 1 is 1.14 bits per heavy atom. The van der Waals surface area contributed by atoms with Crippen LogP contribution in [0.1, 0.15) is 21.5 Å². The van der Waals surface area contributed by atoms with E-state index in [1.807, 2.05) is 50.2 Å². The van der Waals surface area contributed by atoms with Crippen molar-refractivity contribution in [1.82, 2.24) is 5.32 Å². The zero-order valence-corrected chi connectivity index (χ0v) is 13.6. The van der Waals surface area contributed by atoms with Crippen molar-refractivity contribution in [1.29, 1.82) is 0 Å². The molecule has 1 amide bonds. The molecule has 2 rings (SSSR count). The molecule has 2 aromatic rings. The molecule has 5 heteroatoms. The molecule has 0 fully saturated rings. The van der Waals surface area contributed by atoms with E-state index >= 15 is 0 Å². The van der Waals surface area contributed by atoms with E-state index in [0.29, 0.717) is 11.3 Å². The molecule has 2 N–H and O–H groups in total. The lowest BCUT2D eigenvalue weighted by Crippen LogP contribution is -2.34. The molecule has 0 heterocycles. The first-order valence-corrected chi connectivity index (χ1v) is 7.24. The van der Waals surface area contributed by atoms with Crippen molar-refractivity contribution in [3.05, 3.63) is 59.2 Å². The van der Waals surface area contributed by atoms with Crippen LogP contribution in [0.3, 0.4) is 0 Å². The maximum absolute atomic E-state index is 12.3. The standard InChI is InChI=1S/C17H18N2O2S/c1-11-6-4-8-13(10-11)18-17(22)19-16(20)14-9-5-7-12(2)15(14)21-3/h4-10H,1-3H3,(H2,18,19,20,22). The molecule has 0 aromatic heterocycles. The van der Waals surface area contributed by atoms with E-state index in [4.69, 9.17) is 17.0 Å². The van der Waals surface area contributed by atoms with Gasteiger partial charge < -0.3 is 10.1 Å². The molecular formula is C17H18N2O2S. The van der Waals surface area contributed by atoms with Crippen molar-refractivity contribution >= 4 is 28.9 Å². The number of methoxy groups -OCH3 is 1. The van der Waals surface area contributed by atoms with Gasteiger partial charge >= 0.3 is 0 Å². The van der Waals surface area contributed by atoms with E-state index < -0.39 is 0 Å². The molecule has 4 nitrogen and oxygen atoms in total. The highest BCUT2D eigenvalue weighted by molar-refractivity contribution is 7.80. The van der Waals surface area contributed by atoms with Crippen LogP contribution in [0.5, 0.6) is 5.75 Å². The predicted octanol–water partition coefficient (Wildman–Crippen LogP) is 3.44. The third-order valence-corrected chi connectivity index (χ3v) is 3.37. The Bertz CT molecular complexity index is 714. The zero-order chi connectivity index (χ0) is 16.1. The fraction of sp³-hybridized carbons (Fsp3) is 0.176. The Labute approximate surface area is 135 Å². The Balaban J connectivity index is 2.09. The van der Waals surface area contributed by atoms with Crippen LogP contribution in [-0.4, -0.2) is 18.1 Å². The van der Waals surface area contributed by atoms with Crippen LogP contribution in [0.2, 0.25) is 0 Å². The minimum absolute atomic E-state index is 0.249. The molecule has 0 radical (unpaired) electrons. The lowest BCUT2D eigenvalue weighted by molar-refractivity contribution is 0.0974. The summed E-state index contributed by atoms with van der Waals surface area (Å²) in [6.07, 6.45) is 0. The van der Waals surface area contributed by atoms with Crippen molar-refractivity contribution in [3.63, 3.8) is 0 Å². The fourth-order valence-corrected chi connectivity index (χ4v) is 2.37. The summed E-state index contributed by atoms with van der Waals surface area (Å²) in [5.74, 6) is 0.254. The molecule has 0 spiro atoms. The maximum atomic E-state index is 12.3. The van der Waals surface area contributed by atoms with Gasteiger partial charge in [0.1, 0.15) is 5.75 Å².